The third-order valence-corrected chi connectivity index (χ3v) is 3.47. The zero-order valence-corrected chi connectivity index (χ0v) is 12.0. The molecule has 1 aromatic rings. The second kappa shape index (κ2) is 7.47. The minimum absolute atomic E-state index is 0.00349. The maximum absolute atomic E-state index is 12.4. The first-order valence-electron chi connectivity index (χ1n) is 7.20. The summed E-state index contributed by atoms with van der Waals surface area (Å²) in [5.74, 6) is 0.0219. The monoisotopic (exact) mass is 287 g/mol. The van der Waals surface area contributed by atoms with E-state index in [-0.39, 0.29) is 18.0 Å². The first-order chi connectivity index (χ1) is 10.2. The zero-order chi connectivity index (χ0) is 15.1. The van der Waals surface area contributed by atoms with Gasteiger partial charge in [0.1, 0.15) is 0 Å². The van der Waals surface area contributed by atoms with Crippen LogP contribution in [0.1, 0.15) is 23.2 Å². The molecule has 0 spiro atoms. The molecule has 0 unspecified atom stereocenters. The quantitative estimate of drug-likeness (QED) is 0.829. The summed E-state index contributed by atoms with van der Waals surface area (Å²) < 4.78 is 0. The van der Waals surface area contributed by atoms with E-state index in [4.69, 9.17) is 0 Å². The van der Waals surface area contributed by atoms with Crippen molar-refractivity contribution in [3.8, 4) is 0 Å². The molecule has 1 aliphatic rings. The summed E-state index contributed by atoms with van der Waals surface area (Å²) in [5.41, 5.74) is 0.689. The lowest BCUT2D eigenvalue weighted by atomic mass is 10.0. The fraction of sp³-hybridized carbons (Fsp3) is 0.375. The highest BCUT2D eigenvalue weighted by atomic mass is 16.2. The molecule has 1 aromatic carbocycles. The summed E-state index contributed by atoms with van der Waals surface area (Å²) in [5, 5.41) is 5.58. The maximum atomic E-state index is 12.4. The van der Waals surface area contributed by atoms with Crippen molar-refractivity contribution in [3.63, 3.8) is 0 Å². The third-order valence-electron chi connectivity index (χ3n) is 3.47. The summed E-state index contributed by atoms with van der Waals surface area (Å²) >= 11 is 0. The van der Waals surface area contributed by atoms with Gasteiger partial charge in [-0.2, -0.15) is 0 Å². The molecule has 0 saturated carbocycles. The molecule has 2 N–H and O–H groups in total. The first kappa shape index (κ1) is 15.1. The summed E-state index contributed by atoms with van der Waals surface area (Å²) in [4.78, 5) is 25.8. The van der Waals surface area contributed by atoms with Crippen LogP contribution in [0.15, 0.2) is 43.0 Å². The number of piperidine rings is 1. The average Bonchev–Trinajstić information content (AvgIpc) is 2.53. The molecule has 1 atom stereocenters. The number of carbonyl (C=O) groups is 2. The Morgan fingerprint density at radius 2 is 2.10 bits per heavy atom. The molecule has 0 aliphatic carbocycles. The summed E-state index contributed by atoms with van der Waals surface area (Å²) in [6.45, 7) is 5.28. The number of carbonyl (C=O) groups excluding carboxylic acids is 2. The Morgan fingerprint density at radius 3 is 2.81 bits per heavy atom. The molecular formula is C16H21N3O2. The van der Waals surface area contributed by atoms with Gasteiger partial charge < -0.3 is 15.5 Å². The number of nitrogens with one attached hydrogen (secondary N) is 2. The number of benzene rings is 1. The third kappa shape index (κ3) is 4.34. The minimum atomic E-state index is -0.214. The number of likely N-dealkylation sites (tertiary alicyclic amines) is 1. The van der Waals surface area contributed by atoms with Crippen molar-refractivity contribution in [2.45, 2.75) is 18.9 Å². The first-order valence-corrected chi connectivity index (χ1v) is 7.20. The van der Waals surface area contributed by atoms with E-state index in [0.717, 1.165) is 19.4 Å². The van der Waals surface area contributed by atoms with E-state index in [1.54, 1.807) is 11.0 Å². The van der Waals surface area contributed by atoms with Crippen LogP contribution in [0, 0.1) is 0 Å². The topological polar surface area (TPSA) is 61.4 Å². The van der Waals surface area contributed by atoms with Crippen LogP contribution in [0.5, 0.6) is 0 Å². The number of rotatable bonds is 4. The van der Waals surface area contributed by atoms with Crippen LogP contribution in [0.2, 0.25) is 0 Å². The molecule has 112 valence electrons. The molecule has 5 heteroatoms. The van der Waals surface area contributed by atoms with Crippen molar-refractivity contribution in [3.05, 3.63) is 48.6 Å². The molecule has 1 aliphatic heterocycles. The van der Waals surface area contributed by atoms with E-state index >= 15 is 0 Å². The van der Waals surface area contributed by atoms with E-state index in [1.165, 1.54) is 0 Å². The predicted molar refractivity (Wildman–Crippen MR) is 82.1 cm³/mol. The molecule has 0 bridgehead atoms. The van der Waals surface area contributed by atoms with Crippen molar-refractivity contribution in [1.82, 2.24) is 15.5 Å². The smallest absolute Gasteiger partial charge is 0.315 e. The highest BCUT2D eigenvalue weighted by molar-refractivity contribution is 5.94. The van der Waals surface area contributed by atoms with Crippen LogP contribution in [0.25, 0.3) is 0 Å². The van der Waals surface area contributed by atoms with Crippen LogP contribution in [0.4, 0.5) is 4.79 Å². The molecule has 1 fully saturated rings. The summed E-state index contributed by atoms with van der Waals surface area (Å²) in [7, 11) is 0. The van der Waals surface area contributed by atoms with Gasteiger partial charge in [-0.25, -0.2) is 4.79 Å². The Bertz CT molecular complexity index is 502. The van der Waals surface area contributed by atoms with Gasteiger partial charge in [-0.15, -0.1) is 6.58 Å². The Hall–Kier alpha value is -2.30. The highest BCUT2D eigenvalue weighted by Crippen LogP contribution is 2.13. The molecule has 1 saturated heterocycles. The summed E-state index contributed by atoms with van der Waals surface area (Å²) in [6.07, 6.45) is 3.41. The maximum Gasteiger partial charge on any atom is 0.315 e. The zero-order valence-electron chi connectivity index (χ0n) is 12.0. The van der Waals surface area contributed by atoms with Crippen LogP contribution >= 0.6 is 0 Å². The minimum Gasteiger partial charge on any atom is -0.337 e. The number of urea groups is 1. The van der Waals surface area contributed by atoms with Gasteiger partial charge in [0.05, 0.1) is 0 Å². The van der Waals surface area contributed by atoms with Gasteiger partial charge in [0.25, 0.3) is 5.91 Å². The van der Waals surface area contributed by atoms with Gasteiger partial charge >= 0.3 is 6.03 Å². The lowest BCUT2D eigenvalue weighted by Gasteiger charge is -2.33. The summed E-state index contributed by atoms with van der Waals surface area (Å²) in [6, 6.07) is 9.02. The normalized spacial score (nSPS) is 17.9. The largest absolute Gasteiger partial charge is 0.337 e. The molecule has 0 radical (unpaired) electrons. The molecule has 1 heterocycles. The fourth-order valence-electron chi connectivity index (χ4n) is 2.44. The SMILES string of the molecule is C=CCNC(=O)N[C@@H]1CCCN(C(=O)c2ccccc2)C1. The number of hydrogen-bond acceptors (Lipinski definition) is 2. The molecular weight excluding hydrogens is 266 g/mol. The molecule has 0 aromatic heterocycles. The Morgan fingerprint density at radius 1 is 1.33 bits per heavy atom. The van der Waals surface area contributed by atoms with Gasteiger partial charge in [-0.05, 0) is 25.0 Å². The number of amides is 3. The molecule has 21 heavy (non-hydrogen) atoms. The van der Waals surface area contributed by atoms with Crippen LogP contribution in [-0.2, 0) is 0 Å². The number of hydrogen-bond donors (Lipinski definition) is 2. The van der Waals surface area contributed by atoms with Crippen molar-refractivity contribution in [2.75, 3.05) is 19.6 Å². The van der Waals surface area contributed by atoms with Gasteiger partial charge in [-0.3, -0.25) is 4.79 Å². The van der Waals surface area contributed by atoms with Gasteiger partial charge in [0, 0.05) is 31.2 Å². The molecule has 3 amide bonds. The van der Waals surface area contributed by atoms with E-state index in [0.29, 0.717) is 18.7 Å². The van der Waals surface area contributed by atoms with E-state index in [2.05, 4.69) is 17.2 Å². The van der Waals surface area contributed by atoms with Gasteiger partial charge in [-0.1, -0.05) is 24.3 Å². The molecule has 2 rings (SSSR count). The van der Waals surface area contributed by atoms with Crippen molar-refractivity contribution in [1.29, 1.82) is 0 Å². The molecule has 5 nitrogen and oxygen atoms in total. The highest BCUT2D eigenvalue weighted by Gasteiger charge is 2.25. The van der Waals surface area contributed by atoms with Gasteiger partial charge in [0.2, 0.25) is 0 Å². The Kier molecular flexibility index (Phi) is 5.37. The van der Waals surface area contributed by atoms with Crippen LogP contribution < -0.4 is 10.6 Å². The predicted octanol–water partition coefficient (Wildman–Crippen LogP) is 1.78. The van der Waals surface area contributed by atoms with Crippen LogP contribution in [0.3, 0.4) is 0 Å². The number of nitrogens with zero attached hydrogens (tertiary/aromatic N) is 1. The second-order valence-corrected chi connectivity index (χ2v) is 5.10. The fourth-order valence-corrected chi connectivity index (χ4v) is 2.44. The Labute approximate surface area is 125 Å². The van der Waals surface area contributed by atoms with Crippen molar-refractivity contribution >= 4 is 11.9 Å². The van der Waals surface area contributed by atoms with E-state index < -0.39 is 0 Å². The van der Waals surface area contributed by atoms with E-state index in [9.17, 15) is 9.59 Å². The van der Waals surface area contributed by atoms with Crippen LogP contribution in [-0.4, -0.2) is 42.5 Å². The van der Waals surface area contributed by atoms with Gasteiger partial charge in [0.15, 0.2) is 0 Å². The second-order valence-electron chi connectivity index (χ2n) is 5.10. The standard InChI is InChI=1S/C16H21N3O2/c1-2-10-17-16(21)18-14-9-6-11-19(12-14)15(20)13-7-4-3-5-8-13/h2-5,7-8,14H,1,6,9-12H2,(H2,17,18,21)/t14-/m1/s1. The Balaban J connectivity index is 1.90. The van der Waals surface area contributed by atoms with Crippen molar-refractivity contribution < 1.29 is 9.59 Å². The lowest BCUT2D eigenvalue weighted by Crippen LogP contribution is -2.51. The van der Waals surface area contributed by atoms with E-state index in [1.807, 2.05) is 30.3 Å². The average molecular weight is 287 g/mol. The lowest BCUT2D eigenvalue weighted by molar-refractivity contribution is 0.0697. The van der Waals surface area contributed by atoms with Crippen molar-refractivity contribution in [2.24, 2.45) is 0 Å².